The van der Waals surface area contributed by atoms with Crippen LogP contribution in [0.3, 0.4) is 0 Å². The molecule has 1 aromatic rings. The largest absolute Gasteiger partial charge is 0.394 e. The van der Waals surface area contributed by atoms with E-state index in [0.29, 0.717) is 25.8 Å². The van der Waals surface area contributed by atoms with Gasteiger partial charge in [0.1, 0.15) is 11.6 Å². The van der Waals surface area contributed by atoms with E-state index in [1.807, 2.05) is 65.0 Å². The summed E-state index contributed by atoms with van der Waals surface area (Å²) in [7, 11) is 0. The number of nitrogens with one attached hydrogen (secondary N) is 2. The van der Waals surface area contributed by atoms with Gasteiger partial charge >= 0.3 is 0 Å². The number of aliphatic hydroxyl groups excluding tert-OH is 1. The molecule has 3 heterocycles. The quantitative estimate of drug-likeness (QED) is 0.520. The van der Waals surface area contributed by atoms with Crippen molar-refractivity contribution < 1.29 is 24.2 Å². The van der Waals surface area contributed by atoms with Crippen LogP contribution in [0.25, 0.3) is 0 Å². The van der Waals surface area contributed by atoms with Crippen LogP contribution < -0.4 is 10.6 Å². The zero-order valence-corrected chi connectivity index (χ0v) is 21.5. The fraction of sp³-hybridized carbons (Fsp3) is 0.667. The number of rotatable bonds is 8. The van der Waals surface area contributed by atoms with Crippen molar-refractivity contribution in [1.29, 1.82) is 0 Å². The lowest BCUT2D eigenvalue weighted by atomic mass is 9.66. The molecular weight excluding hydrogens is 446 g/mol. The van der Waals surface area contributed by atoms with E-state index in [4.69, 9.17) is 4.74 Å². The third kappa shape index (κ3) is 4.35. The molecule has 0 radical (unpaired) electrons. The van der Waals surface area contributed by atoms with Crippen LogP contribution in [-0.4, -0.2) is 69.7 Å². The molecule has 8 heteroatoms. The van der Waals surface area contributed by atoms with Crippen LogP contribution in [-0.2, 0) is 25.5 Å². The second-order valence-corrected chi connectivity index (χ2v) is 11.5. The van der Waals surface area contributed by atoms with E-state index in [1.165, 1.54) is 4.90 Å². The predicted octanol–water partition coefficient (Wildman–Crippen LogP) is 1.80. The summed E-state index contributed by atoms with van der Waals surface area (Å²) in [5.74, 6) is -2.23. The van der Waals surface area contributed by atoms with Gasteiger partial charge in [-0.05, 0) is 58.9 Å². The SMILES string of the molecule is CCCNC(=O)[C@H]1[C@H]2C(=O)N([C@@H](CO)Cc3ccccc3)C(C(=O)NC(C)(C)C)C23CC[C@]1(C)O3. The molecule has 6 atom stereocenters. The first kappa shape index (κ1) is 25.6. The summed E-state index contributed by atoms with van der Waals surface area (Å²) in [4.78, 5) is 42.8. The molecule has 3 aliphatic heterocycles. The minimum Gasteiger partial charge on any atom is -0.394 e. The molecule has 2 bridgehead atoms. The van der Waals surface area contributed by atoms with Crippen molar-refractivity contribution in [1.82, 2.24) is 15.5 Å². The van der Waals surface area contributed by atoms with E-state index in [0.717, 1.165) is 12.0 Å². The predicted molar refractivity (Wildman–Crippen MR) is 131 cm³/mol. The van der Waals surface area contributed by atoms with Crippen LogP contribution in [0.1, 0.15) is 59.4 Å². The molecule has 0 aliphatic carbocycles. The Bertz CT molecular complexity index is 977. The minimum absolute atomic E-state index is 0.199. The molecule has 192 valence electrons. The maximum absolute atomic E-state index is 14.1. The number of carbonyl (C=O) groups is 3. The van der Waals surface area contributed by atoms with E-state index in [-0.39, 0.29) is 24.3 Å². The number of nitrogens with zero attached hydrogens (tertiary/aromatic N) is 1. The standard InChI is InChI=1S/C27H39N3O5/c1-6-14-28-22(32)19-20-24(34)30(18(16-31)15-17-10-8-7-9-11-17)21(23(33)29-25(2,3)4)27(20)13-12-26(19,5)35-27/h7-11,18-21,31H,6,12-16H2,1-5H3,(H,28,32)(H,29,33)/t18-,19-,20+,21?,26+,27?/m1/s1. The first-order valence-corrected chi connectivity index (χ1v) is 12.7. The molecule has 4 rings (SSSR count). The molecule has 0 saturated carbocycles. The van der Waals surface area contributed by atoms with Crippen LogP contribution in [0.2, 0.25) is 0 Å². The van der Waals surface area contributed by atoms with Gasteiger partial charge in [0.15, 0.2) is 0 Å². The van der Waals surface area contributed by atoms with Crippen molar-refractivity contribution in [2.75, 3.05) is 13.2 Å². The molecule has 0 aromatic heterocycles. The maximum Gasteiger partial charge on any atom is 0.246 e. The fourth-order valence-electron chi connectivity index (χ4n) is 6.39. The number of ether oxygens (including phenoxy) is 1. The Morgan fingerprint density at radius 3 is 2.49 bits per heavy atom. The van der Waals surface area contributed by atoms with Gasteiger partial charge in [-0.15, -0.1) is 0 Å². The molecular formula is C27H39N3O5. The zero-order chi connectivity index (χ0) is 25.6. The van der Waals surface area contributed by atoms with E-state index >= 15 is 0 Å². The fourth-order valence-corrected chi connectivity index (χ4v) is 6.39. The smallest absolute Gasteiger partial charge is 0.246 e. The van der Waals surface area contributed by atoms with Crippen LogP contribution in [0, 0.1) is 11.8 Å². The Morgan fingerprint density at radius 1 is 1.20 bits per heavy atom. The highest BCUT2D eigenvalue weighted by Crippen LogP contribution is 2.63. The number of benzene rings is 1. The Labute approximate surface area is 207 Å². The van der Waals surface area contributed by atoms with Gasteiger partial charge < -0.3 is 25.4 Å². The monoisotopic (exact) mass is 485 g/mol. The van der Waals surface area contributed by atoms with E-state index in [1.54, 1.807) is 0 Å². The number of hydrogen-bond acceptors (Lipinski definition) is 5. The number of amides is 3. The van der Waals surface area contributed by atoms with Crippen LogP contribution >= 0.6 is 0 Å². The second-order valence-electron chi connectivity index (χ2n) is 11.5. The first-order valence-electron chi connectivity index (χ1n) is 12.7. The van der Waals surface area contributed by atoms with E-state index in [9.17, 15) is 19.5 Å². The van der Waals surface area contributed by atoms with Crippen LogP contribution in [0.15, 0.2) is 30.3 Å². The van der Waals surface area contributed by atoms with Crippen molar-refractivity contribution in [3.05, 3.63) is 35.9 Å². The number of fused-ring (bicyclic) bond motifs is 1. The normalized spacial score (nSPS) is 32.5. The summed E-state index contributed by atoms with van der Waals surface area (Å²) >= 11 is 0. The summed E-state index contributed by atoms with van der Waals surface area (Å²) in [5, 5.41) is 16.4. The maximum atomic E-state index is 14.1. The summed E-state index contributed by atoms with van der Waals surface area (Å²) < 4.78 is 6.61. The molecule has 1 spiro atoms. The van der Waals surface area contributed by atoms with Gasteiger partial charge in [0.05, 0.1) is 30.1 Å². The van der Waals surface area contributed by atoms with Crippen molar-refractivity contribution in [3.63, 3.8) is 0 Å². The molecule has 3 aliphatic rings. The molecule has 35 heavy (non-hydrogen) atoms. The molecule has 3 saturated heterocycles. The van der Waals surface area contributed by atoms with Crippen molar-refractivity contribution in [3.8, 4) is 0 Å². The average molecular weight is 486 g/mol. The lowest BCUT2D eigenvalue weighted by Gasteiger charge is -2.38. The van der Waals surface area contributed by atoms with Gasteiger partial charge in [0, 0.05) is 12.1 Å². The minimum atomic E-state index is -1.10. The zero-order valence-electron chi connectivity index (χ0n) is 21.5. The summed E-state index contributed by atoms with van der Waals surface area (Å²) in [6, 6.07) is 8.07. The summed E-state index contributed by atoms with van der Waals surface area (Å²) in [6.45, 7) is 9.76. The van der Waals surface area contributed by atoms with Crippen LogP contribution in [0.5, 0.6) is 0 Å². The Morgan fingerprint density at radius 2 is 1.89 bits per heavy atom. The highest BCUT2D eigenvalue weighted by molar-refractivity contribution is 5.99. The van der Waals surface area contributed by atoms with Crippen molar-refractivity contribution >= 4 is 17.7 Å². The lowest BCUT2D eigenvalue weighted by molar-refractivity contribution is -0.150. The number of hydrogen-bond donors (Lipinski definition) is 3. The summed E-state index contributed by atoms with van der Waals surface area (Å²) in [5.41, 5.74) is -1.47. The topological polar surface area (TPSA) is 108 Å². The third-order valence-electron chi connectivity index (χ3n) is 7.71. The Kier molecular flexibility index (Phi) is 6.74. The highest BCUT2D eigenvalue weighted by atomic mass is 16.5. The van der Waals surface area contributed by atoms with Gasteiger partial charge in [0.25, 0.3) is 0 Å². The number of carbonyl (C=O) groups excluding carboxylic acids is 3. The molecule has 2 unspecified atom stereocenters. The molecule has 3 N–H and O–H groups in total. The second kappa shape index (κ2) is 9.21. The van der Waals surface area contributed by atoms with Crippen LogP contribution in [0.4, 0.5) is 0 Å². The van der Waals surface area contributed by atoms with E-state index in [2.05, 4.69) is 10.6 Å². The molecule has 1 aromatic carbocycles. The van der Waals surface area contributed by atoms with Crippen molar-refractivity contribution in [2.45, 2.75) is 89.1 Å². The van der Waals surface area contributed by atoms with Gasteiger partial charge in [0.2, 0.25) is 17.7 Å². The third-order valence-corrected chi connectivity index (χ3v) is 7.71. The Hall–Kier alpha value is -2.45. The summed E-state index contributed by atoms with van der Waals surface area (Å²) in [6.07, 6.45) is 2.29. The van der Waals surface area contributed by atoms with E-state index < -0.39 is 40.7 Å². The van der Waals surface area contributed by atoms with Gasteiger partial charge in [-0.3, -0.25) is 14.4 Å². The lowest BCUT2D eigenvalue weighted by Crippen LogP contribution is -2.60. The average Bonchev–Trinajstić information content (AvgIpc) is 3.36. The molecule has 8 nitrogen and oxygen atoms in total. The highest BCUT2D eigenvalue weighted by Gasteiger charge is 2.78. The molecule has 3 amide bonds. The van der Waals surface area contributed by atoms with Gasteiger partial charge in [-0.2, -0.15) is 0 Å². The molecule has 3 fully saturated rings. The number of likely N-dealkylation sites (tertiary alicyclic amines) is 1. The number of aliphatic hydroxyl groups is 1. The van der Waals surface area contributed by atoms with Crippen molar-refractivity contribution in [2.24, 2.45) is 11.8 Å². The van der Waals surface area contributed by atoms with Gasteiger partial charge in [-0.1, -0.05) is 37.3 Å². The van der Waals surface area contributed by atoms with Gasteiger partial charge in [-0.25, -0.2) is 0 Å². The Balaban J connectivity index is 1.77. The first-order chi connectivity index (χ1) is 16.5.